The number of nitrogen functional groups attached to an aromatic ring is 1. The van der Waals surface area contributed by atoms with Gasteiger partial charge in [-0.2, -0.15) is 0 Å². The number of anilines is 2. The Morgan fingerprint density at radius 1 is 1.15 bits per heavy atom. The van der Waals surface area contributed by atoms with Crippen LogP contribution in [0.2, 0.25) is 0 Å². The molecular weight excluding hydrogens is 426 g/mol. The van der Waals surface area contributed by atoms with Crippen LogP contribution >= 0.6 is 0 Å². The molecule has 1 aromatic heterocycles. The van der Waals surface area contributed by atoms with Gasteiger partial charge in [-0.05, 0) is 25.0 Å². The molecule has 0 fully saturated rings. The summed E-state index contributed by atoms with van der Waals surface area (Å²) in [6, 6.07) is 13.1. The standard InChI is InChI=1S/C23H25N5O5/c1-3-4-13-26-20(24)19(21(29)25-23(26)31)27(14-16-9-6-5-7-10-16)22(30)17-11-8-12-18(15(17)2)28(32)33/h5-12H,3-4,13-14,24H2,1-2H3,(H,25,29,31). The van der Waals surface area contributed by atoms with Gasteiger partial charge >= 0.3 is 5.69 Å². The first-order valence-corrected chi connectivity index (χ1v) is 10.5. The molecule has 0 saturated heterocycles. The van der Waals surface area contributed by atoms with E-state index in [0.717, 1.165) is 11.3 Å². The number of H-pyrrole nitrogens is 1. The van der Waals surface area contributed by atoms with Crippen LogP contribution in [0.5, 0.6) is 0 Å². The smallest absolute Gasteiger partial charge is 0.330 e. The molecule has 3 aromatic rings. The predicted octanol–water partition coefficient (Wildman–Crippen LogP) is 2.98. The van der Waals surface area contributed by atoms with Crippen molar-refractivity contribution in [1.82, 2.24) is 9.55 Å². The Morgan fingerprint density at radius 3 is 2.48 bits per heavy atom. The van der Waals surface area contributed by atoms with Crippen molar-refractivity contribution in [3.05, 3.63) is 96.2 Å². The second-order valence-electron chi connectivity index (χ2n) is 7.58. The summed E-state index contributed by atoms with van der Waals surface area (Å²) >= 11 is 0. The number of nitrogens with two attached hydrogens (primary N) is 1. The van der Waals surface area contributed by atoms with Gasteiger partial charge in [-0.1, -0.05) is 49.7 Å². The molecule has 2 aromatic carbocycles. The highest BCUT2D eigenvalue weighted by Crippen LogP contribution is 2.27. The minimum atomic E-state index is -0.808. The van der Waals surface area contributed by atoms with Crippen molar-refractivity contribution >= 4 is 23.1 Å². The molecule has 1 heterocycles. The third-order valence-electron chi connectivity index (χ3n) is 5.38. The number of hydrogen-bond donors (Lipinski definition) is 2. The summed E-state index contributed by atoms with van der Waals surface area (Å²) < 4.78 is 1.23. The molecule has 0 saturated carbocycles. The van der Waals surface area contributed by atoms with E-state index < -0.39 is 22.1 Å². The number of nitrogens with zero attached hydrogens (tertiary/aromatic N) is 3. The summed E-state index contributed by atoms with van der Waals surface area (Å²) in [6.45, 7) is 3.67. The van der Waals surface area contributed by atoms with Crippen molar-refractivity contribution in [2.45, 2.75) is 39.8 Å². The van der Waals surface area contributed by atoms with Gasteiger partial charge in [-0.15, -0.1) is 0 Å². The molecule has 0 spiro atoms. The number of rotatable bonds is 8. The fourth-order valence-electron chi connectivity index (χ4n) is 3.59. The molecule has 0 aliphatic heterocycles. The maximum atomic E-state index is 13.7. The molecule has 1 amide bonds. The number of benzene rings is 2. The van der Waals surface area contributed by atoms with Gasteiger partial charge in [-0.25, -0.2) is 4.79 Å². The lowest BCUT2D eigenvalue weighted by Crippen LogP contribution is -2.41. The van der Waals surface area contributed by atoms with Crippen molar-refractivity contribution in [3.63, 3.8) is 0 Å². The van der Waals surface area contributed by atoms with Crippen LogP contribution in [-0.2, 0) is 13.1 Å². The van der Waals surface area contributed by atoms with Gasteiger partial charge in [0, 0.05) is 23.7 Å². The van der Waals surface area contributed by atoms with E-state index in [0.29, 0.717) is 12.0 Å². The normalized spacial score (nSPS) is 10.7. The Labute approximate surface area is 189 Å². The first-order valence-electron chi connectivity index (χ1n) is 10.5. The Morgan fingerprint density at radius 2 is 1.85 bits per heavy atom. The average Bonchev–Trinajstić information content (AvgIpc) is 2.78. The molecule has 0 aliphatic carbocycles. The van der Waals surface area contributed by atoms with E-state index in [9.17, 15) is 24.5 Å². The van der Waals surface area contributed by atoms with Gasteiger partial charge in [0.15, 0.2) is 5.69 Å². The van der Waals surface area contributed by atoms with Crippen molar-refractivity contribution in [2.24, 2.45) is 0 Å². The number of nitrogens with one attached hydrogen (secondary N) is 1. The number of carbonyl (C=O) groups is 1. The fraction of sp³-hybridized carbons (Fsp3) is 0.261. The number of nitro groups is 1. The molecule has 0 unspecified atom stereocenters. The van der Waals surface area contributed by atoms with Gasteiger partial charge in [0.1, 0.15) is 5.82 Å². The summed E-state index contributed by atoms with van der Waals surface area (Å²) in [7, 11) is 0. The van der Waals surface area contributed by atoms with Crippen molar-refractivity contribution < 1.29 is 9.72 Å². The third-order valence-corrected chi connectivity index (χ3v) is 5.38. The summed E-state index contributed by atoms with van der Waals surface area (Å²) in [5.74, 6) is -0.775. The summed E-state index contributed by atoms with van der Waals surface area (Å²) in [5, 5.41) is 11.4. The molecule has 10 heteroatoms. The van der Waals surface area contributed by atoms with Crippen LogP contribution in [-0.4, -0.2) is 20.4 Å². The minimum absolute atomic E-state index is 0.0267. The number of aromatic amines is 1. The zero-order chi connectivity index (χ0) is 24.1. The molecule has 3 N–H and O–H groups in total. The lowest BCUT2D eigenvalue weighted by molar-refractivity contribution is -0.385. The van der Waals surface area contributed by atoms with Crippen LogP contribution in [0.1, 0.15) is 41.3 Å². The quantitative estimate of drug-likeness (QED) is 0.398. The lowest BCUT2D eigenvalue weighted by atomic mass is 10.0. The number of hydrogen-bond acceptors (Lipinski definition) is 6. The molecule has 0 aliphatic rings. The van der Waals surface area contributed by atoms with E-state index in [-0.39, 0.29) is 41.4 Å². The Hall–Kier alpha value is -4.21. The minimum Gasteiger partial charge on any atom is -0.383 e. The van der Waals surface area contributed by atoms with Crippen molar-refractivity contribution in [2.75, 3.05) is 10.6 Å². The topological polar surface area (TPSA) is 144 Å². The maximum Gasteiger partial charge on any atom is 0.330 e. The highest BCUT2D eigenvalue weighted by atomic mass is 16.6. The Bertz CT molecular complexity index is 1300. The van der Waals surface area contributed by atoms with Crippen LogP contribution < -0.4 is 21.9 Å². The van der Waals surface area contributed by atoms with E-state index >= 15 is 0 Å². The van der Waals surface area contributed by atoms with Gasteiger partial charge in [0.25, 0.3) is 17.2 Å². The molecule has 10 nitrogen and oxygen atoms in total. The summed E-state index contributed by atoms with van der Waals surface area (Å²) in [6.07, 6.45) is 1.44. The molecule has 3 rings (SSSR count). The van der Waals surface area contributed by atoms with E-state index in [1.54, 1.807) is 24.3 Å². The van der Waals surface area contributed by atoms with Crippen LogP contribution in [0.4, 0.5) is 17.2 Å². The number of unbranched alkanes of at least 4 members (excludes halogenated alkanes) is 1. The SMILES string of the molecule is CCCCn1c(N)c(N(Cc2ccccc2)C(=O)c2cccc([N+](=O)[O-])c2C)c(=O)[nH]c1=O. The van der Waals surface area contributed by atoms with Gasteiger partial charge < -0.3 is 5.73 Å². The Kier molecular flexibility index (Phi) is 7.07. The fourth-order valence-corrected chi connectivity index (χ4v) is 3.59. The molecular formula is C23H25N5O5. The zero-order valence-corrected chi connectivity index (χ0v) is 18.4. The van der Waals surface area contributed by atoms with E-state index in [1.165, 1.54) is 29.7 Å². The van der Waals surface area contributed by atoms with Crippen molar-refractivity contribution in [3.8, 4) is 0 Å². The number of carbonyl (C=O) groups excluding carboxylic acids is 1. The molecule has 0 radical (unpaired) electrons. The number of amides is 1. The van der Waals surface area contributed by atoms with Gasteiger partial charge in [0.05, 0.1) is 11.5 Å². The van der Waals surface area contributed by atoms with E-state index in [2.05, 4.69) is 4.98 Å². The predicted molar refractivity (Wildman–Crippen MR) is 125 cm³/mol. The summed E-state index contributed by atoms with van der Waals surface area (Å²) in [5.41, 5.74) is 5.33. The Balaban J connectivity index is 2.21. The molecule has 0 bridgehead atoms. The highest BCUT2D eigenvalue weighted by Gasteiger charge is 2.28. The summed E-state index contributed by atoms with van der Waals surface area (Å²) in [4.78, 5) is 53.1. The molecule has 172 valence electrons. The monoisotopic (exact) mass is 451 g/mol. The van der Waals surface area contributed by atoms with Crippen LogP contribution in [0.3, 0.4) is 0 Å². The second kappa shape index (κ2) is 9.94. The van der Waals surface area contributed by atoms with Crippen LogP contribution in [0.25, 0.3) is 0 Å². The molecule has 0 atom stereocenters. The number of aromatic nitrogens is 2. The highest BCUT2D eigenvalue weighted by molar-refractivity contribution is 6.08. The lowest BCUT2D eigenvalue weighted by Gasteiger charge is -2.25. The molecule has 33 heavy (non-hydrogen) atoms. The van der Waals surface area contributed by atoms with Crippen LogP contribution in [0.15, 0.2) is 58.1 Å². The first-order chi connectivity index (χ1) is 15.8. The third kappa shape index (κ3) is 4.84. The van der Waals surface area contributed by atoms with E-state index in [4.69, 9.17) is 5.73 Å². The average molecular weight is 451 g/mol. The largest absolute Gasteiger partial charge is 0.383 e. The van der Waals surface area contributed by atoms with Crippen LogP contribution in [0, 0.1) is 17.0 Å². The van der Waals surface area contributed by atoms with Crippen molar-refractivity contribution in [1.29, 1.82) is 0 Å². The zero-order valence-electron chi connectivity index (χ0n) is 18.4. The van der Waals surface area contributed by atoms with Gasteiger partial charge in [-0.3, -0.25) is 34.2 Å². The second-order valence-corrected chi connectivity index (χ2v) is 7.58. The maximum absolute atomic E-state index is 13.7. The number of nitro benzene ring substituents is 1. The van der Waals surface area contributed by atoms with Gasteiger partial charge in [0.2, 0.25) is 0 Å². The van der Waals surface area contributed by atoms with E-state index in [1.807, 2.05) is 13.0 Å². The first kappa shape index (κ1) is 23.5.